The Kier molecular flexibility index (Phi) is 5.48. The number of hydrogen-bond donors (Lipinski definition) is 2. The van der Waals surface area contributed by atoms with Crippen LogP contribution in [0.2, 0.25) is 0 Å². The smallest absolute Gasteiger partial charge is 0.407 e. The third-order valence-electron chi connectivity index (χ3n) is 8.09. The van der Waals surface area contributed by atoms with Crippen molar-refractivity contribution in [1.82, 2.24) is 10.2 Å². The number of carbonyl (C=O) groups is 3. The zero-order chi connectivity index (χ0) is 24.1. The SMILES string of the molecule is O=C(NC1CCOC1C(=O)N1C2CCC1C(C(=O)O)C2)OCC1c2ccccc2-c2ccccc21. The average Bonchev–Trinajstić information content (AvgIpc) is 3.64. The molecule has 3 heterocycles. The molecule has 35 heavy (non-hydrogen) atoms. The molecule has 0 radical (unpaired) electrons. The van der Waals surface area contributed by atoms with Gasteiger partial charge in [-0.2, -0.15) is 0 Å². The predicted octanol–water partition coefficient (Wildman–Crippen LogP) is 3.15. The van der Waals surface area contributed by atoms with Crippen molar-refractivity contribution in [3.8, 4) is 11.1 Å². The third-order valence-corrected chi connectivity index (χ3v) is 8.09. The van der Waals surface area contributed by atoms with E-state index >= 15 is 0 Å². The van der Waals surface area contributed by atoms with E-state index in [1.54, 1.807) is 4.90 Å². The van der Waals surface area contributed by atoms with Gasteiger partial charge in [-0.15, -0.1) is 0 Å². The lowest BCUT2D eigenvalue weighted by Gasteiger charge is -2.28. The quantitative estimate of drug-likeness (QED) is 0.687. The molecule has 4 aliphatic rings. The third kappa shape index (κ3) is 3.67. The summed E-state index contributed by atoms with van der Waals surface area (Å²) in [4.78, 5) is 39.4. The largest absolute Gasteiger partial charge is 0.481 e. The van der Waals surface area contributed by atoms with Crippen LogP contribution in [0.4, 0.5) is 4.79 Å². The van der Waals surface area contributed by atoms with E-state index in [4.69, 9.17) is 9.47 Å². The molecule has 2 amide bonds. The van der Waals surface area contributed by atoms with E-state index in [2.05, 4.69) is 29.6 Å². The van der Waals surface area contributed by atoms with Crippen molar-refractivity contribution < 1.29 is 29.0 Å². The number of ether oxygens (including phenoxy) is 2. The lowest BCUT2D eigenvalue weighted by atomic mass is 9.89. The lowest BCUT2D eigenvalue weighted by molar-refractivity contribution is -0.145. The van der Waals surface area contributed by atoms with E-state index in [0.29, 0.717) is 25.9 Å². The number of amides is 2. The Labute approximate surface area is 203 Å². The molecule has 6 rings (SSSR count). The molecule has 2 aromatic carbocycles. The number of nitrogens with zero attached hydrogens (tertiary/aromatic N) is 1. The number of rotatable bonds is 5. The van der Waals surface area contributed by atoms with Gasteiger partial charge in [-0.1, -0.05) is 48.5 Å². The second-order valence-corrected chi connectivity index (χ2v) is 9.88. The standard InChI is InChI=1S/C27H28N2O6/c30-25(29-15-9-10-23(29)20(13-15)26(31)32)24-22(11-12-34-24)28-27(33)35-14-21-18-7-3-1-5-16(18)17-6-2-4-8-19(17)21/h1-8,15,20-24H,9-14H2,(H,28,33)(H,31,32). The molecule has 3 saturated heterocycles. The number of hydrogen-bond acceptors (Lipinski definition) is 5. The van der Waals surface area contributed by atoms with Crippen LogP contribution < -0.4 is 5.32 Å². The summed E-state index contributed by atoms with van der Waals surface area (Å²) in [6, 6.07) is 15.4. The molecule has 0 saturated carbocycles. The van der Waals surface area contributed by atoms with E-state index in [1.165, 1.54) is 0 Å². The Bertz CT molecular complexity index is 1140. The zero-order valence-corrected chi connectivity index (χ0v) is 19.3. The minimum atomic E-state index is -0.851. The van der Waals surface area contributed by atoms with Crippen molar-refractivity contribution in [2.24, 2.45) is 5.92 Å². The highest BCUT2D eigenvalue weighted by Crippen LogP contribution is 2.45. The van der Waals surface area contributed by atoms with Crippen LogP contribution >= 0.6 is 0 Å². The highest BCUT2D eigenvalue weighted by atomic mass is 16.6. The number of benzene rings is 2. The first-order valence-electron chi connectivity index (χ1n) is 12.3. The van der Waals surface area contributed by atoms with Gasteiger partial charge in [-0.05, 0) is 47.9 Å². The van der Waals surface area contributed by atoms with Crippen molar-refractivity contribution >= 4 is 18.0 Å². The molecule has 8 nitrogen and oxygen atoms in total. The molecule has 8 heteroatoms. The highest BCUT2D eigenvalue weighted by Gasteiger charge is 2.54. The molecule has 0 aromatic heterocycles. The Morgan fingerprint density at radius 1 is 1.00 bits per heavy atom. The second-order valence-electron chi connectivity index (χ2n) is 9.88. The number of carboxylic acid groups (broad SMARTS) is 1. The summed E-state index contributed by atoms with van der Waals surface area (Å²) in [5.74, 6) is -1.63. The molecule has 5 unspecified atom stereocenters. The minimum Gasteiger partial charge on any atom is -0.481 e. The van der Waals surface area contributed by atoms with Gasteiger partial charge in [-0.25, -0.2) is 4.79 Å². The van der Waals surface area contributed by atoms with Crippen LogP contribution in [-0.2, 0) is 19.1 Å². The first-order valence-corrected chi connectivity index (χ1v) is 12.3. The van der Waals surface area contributed by atoms with Crippen LogP contribution in [0.15, 0.2) is 48.5 Å². The number of fused-ring (bicyclic) bond motifs is 5. The first-order chi connectivity index (χ1) is 17.0. The molecule has 182 valence electrons. The molecule has 1 aliphatic carbocycles. The normalized spacial score (nSPS) is 28.6. The average molecular weight is 477 g/mol. The zero-order valence-electron chi connectivity index (χ0n) is 19.3. The maximum absolute atomic E-state index is 13.3. The van der Waals surface area contributed by atoms with E-state index in [1.807, 2.05) is 24.3 Å². The molecule has 3 aliphatic heterocycles. The van der Waals surface area contributed by atoms with Gasteiger partial charge in [0.2, 0.25) is 0 Å². The maximum Gasteiger partial charge on any atom is 0.407 e. The lowest BCUT2D eigenvalue weighted by Crippen LogP contribution is -2.51. The first kappa shape index (κ1) is 22.1. The van der Waals surface area contributed by atoms with Crippen LogP contribution in [0.5, 0.6) is 0 Å². The summed E-state index contributed by atoms with van der Waals surface area (Å²) >= 11 is 0. The summed E-state index contributed by atoms with van der Waals surface area (Å²) < 4.78 is 11.4. The topological polar surface area (TPSA) is 105 Å². The van der Waals surface area contributed by atoms with E-state index in [0.717, 1.165) is 28.7 Å². The number of carboxylic acids is 1. The highest BCUT2D eigenvalue weighted by molar-refractivity contribution is 5.86. The molecule has 3 fully saturated rings. The van der Waals surface area contributed by atoms with Gasteiger partial charge in [0.05, 0.1) is 12.0 Å². The number of carbonyl (C=O) groups excluding carboxylic acids is 2. The van der Waals surface area contributed by atoms with Gasteiger partial charge < -0.3 is 24.8 Å². The fraction of sp³-hybridized carbons (Fsp3) is 0.444. The predicted molar refractivity (Wildman–Crippen MR) is 126 cm³/mol. The molecule has 0 spiro atoms. The monoisotopic (exact) mass is 476 g/mol. The molecule has 2 bridgehead atoms. The van der Waals surface area contributed by atoms with Gasteiger partial charge in [0.1, 0.15) is 6.61 Å². The summed E-state index contributed by atoms with van der Waals surface area (Å²) in [6.07, 6.45) is 1.12. The van der Waals surface area contributed by atoms with Crippen molar-refractivity contribution in [3.05, 3.63) is 59.7 Å². The van der Waals surface area contributed by atoms with Gasteiger partial charge in [-0.3, -0.25) is 9.59 Å². The van der Waals surface area contributed by atoms with E-state index in [9.17, 15) is 19.5 Å². The van der Waals surface area contributed by atoms with Crippen LogP contribution in [0.25, 0.3) is 11.1 Å². The van der Waals surface area contributed by atoms with Crippen LogP contribution in [0, 0.1) is 5.92 Å². The van der Waals surface area contributed by atoms with Crippen LogP contribution in [0.1, 0.15) is 42.7 Å². The summed E-state index contributed by atoms with van der Waals surface area (Å²) in [5.41, 5.74) is 4.59. The minimum absolute atomic E-state index is 0.0430. The Balaban J connectivity index is 1.10. The summed E-state index contributed by atoms with van der Waals surface area (Å²) in [5, 5.41) is 12.3. The van der Waals surface area contributed by atoms with Crippen molar-refractivity contribution in [3.63, 3.8) is 0 Å². The van der Waals surface area contributed by atoms with Gasteiger partial charge >= 0.3 is 12.1 Å². The molecule has 5 atom stereocenters. The van der Waals surface area contributed by atoms with Crippen LogP contribution in [-0.4, -0.2) is 65.4 Å². The van der Waals surface area contributed by atoms with Gasteiger partial charge in [0, 0.05) is 24.6 Å². The summed E-state index contributed by atoms with van der Waals surface area (Å²) in [6.45, 7) is 0.554. The number of alkyl carbamates (subject to hydrolysis) is 1. The Morgan fingerprint density at radius 3 is 2.34 bits per heavy atom. The summed E-state index contributed by atoms with van der Waals surface area (Å²) in [7, 11) is 0. The fourth-order valence-corrected chi connectivity index (χ4v) is 6.52. The number of nitrogens with one attached hydrogen (secondary N) is 1. The fourth-order valence-electron chi connectivity index (χ4n) is 6.52. The second kappa shape index (κ2) is 8.68. The Morgan fingerprint density at radius 2 is 1.69 bits per heavy atom. The van der Waals surface area contributed by atoms with E-state index in [-0.39, 0.29) is 30.5 Å². The van der Waals surface area contributed by atoms with E-state index < -0.39 is 30.1 Å². The molecule has 2 aromatic rings. The van der Waals surface area contributed by atoms with Crippen molar-refractivity contribution in [1.29, 1.82) is 0 Å². The molecule has 2 N–H and O–H groups in total. The van der Waals surface area contributed by atoms with Crippen LogP contribution in [0.3, 0.4) is 0 Å². The van der Waals surface area contributed by atoms with Gasteiger partial charge in [0.15, 0.2) is 6.10 Å². The number of aliphatic carboxylic acids is 1. The molecular formula is C27H28N2O6. The maximum atomic E-state index is 13.3. The molecular weight excluding hydrogens is 448 g/mol. The van der Waals surface area contributed by atoms with Crippen molar-refractivity contribution in [2.75, 3.05) is 13.2 Å². The van der Waals surface area contributed by atoms with Crippen molar-refractivity contribution in [2.45, 2.75) is 55.8 Å². The van der Waals surface area contributed by atoms with Gasteiger partial charge in [0.25, 0.3) is 5.91 Å². The Hall–Kier alpha value is -3.39.